The molecule has 0 bridgehead atoms. The highest BCUT2D eigenvalue weighted by atomic mass is 19.1. The standard InChI is InChI=1S/C23H18FN5O3/c24-17-8-6-15(7-9-17)20-21(29(28-27-20)22(30)16-11-13-31-14-16)19-10-12-25-23(26-19)32-18-4-2-1-3-5-18/h1-10,12,16H,11,13-14H2. The van der Waals surface area contributed by atoms with Crippen molar-refractivity contribution in [1.29, 1.82) is 0 Å². The van der Waals surface area contributed by atoms with Crippen molar-refractivity contribution in [3.05, 3.63) is 72.7 Å². The summed E-state index contributed by atoms with van der Waals surface area (Å²) in [6.07, 6.45) is 2.14. The average Bonchev–Trinajstić information content (AvgIpc) is 3.51. The average molecular weight is 431 g/mol. The normalized spacial score (nSPS) is 15.6. The summed E-state index contributed by atoms with van der Waals surface area (Å²) in [5.74, 6) is -0.349. The van der Waals surface area contributed by atoms with Crippen molar-refractivity contribution < 1.29 is 18.7 Å². The molecule has 4 aromatic rings. The van der Waals surface area contributed by atoms with Crippen molar-refractivity contribution >= 4 is 5.91 Å². The second-order valence-electron chi connectivity index (χ2n) is 7.24. The summed E-state index contributed by atoms with van der Waals surface area (Å²) in [5, 5.41) is 8.34. The van der Waals surface area contributed by atoms with Gasteiger partial charge in [0.05, 0.1) is 18.2 Å². The minimum Gasteiger partial charge on any atom is -0.424 e. The molecule has 8 nitrogen and oxygen atoms in total. The van der Waals surface area contributed by atoms with Gasteiger partial charge in [-0.2, -0.15) is 9.67 Å². The molecule has 160 valence electrons. The molecule has 9 heteroatoms. The third-order valence-electron chi connectivity index (χ3n) is 5.10. The van der Waals surface area contributed by atoms with Gasteiger partial charge in [-0.3, -0.25) is 4.79 Å². The third kappa shape index (κ3) is 3.97. The van der Waals surface area contributed by atoms with Gasteiger partial charge in [0.2, 0.25) is 0 Å². The molecule has 0 radical (unpaired) electrons. The van der Waals surface area contributed by atoms with Crippen molar-refractivity contribution in [3.8, 4) is 34.4 Å². The lowest BCUT2D eigenvalue weighted by atomic mass is 10.1. The number of benzene rings is 2. The van der Waals surface area contributed by atoms with Gasteiger partial charge in [-0.15, -0.1) is 5.10 Å². The molecule has 0 aliphatic carbocycles. The minimum absolute atomic E-state index is 0.114. The lowest BCUT2D eigenvalue weighted by Gasteiger charge is -2.11. The number of aromatic nitrogens is 5. The van der Waals surface area contributed by atoms with Gasteiger partial charge < -0.3 is 9.47 Å². The molecule has 3 heterocycles. The molecule has 1 saturated heterocycles. The van der Waals surface area contributed by atoms with E-state index in [1.54, 1.807) is 30.3 Å². The summed E-state index contributed by atoms with van der Waals surface area (Å²) in [5.41, 5.74) is 1.80. The number of carbonyl (C=O) groups excluding carboxylic acids is 1. The zero-order valence-corrected chi connectivity index (χ0v) is 16.9. The van der Waals surface area contributed by atoms with Gasteiger partial charge >= 0.3 is 6.01 Å². The van der Waals surface area contributed by atoms with E-state index >= 15 is 0 Å². The Labute approximate surface area is 182 Å². The fourth-order valence-electron chi connectivity index (χ4n) is 3.49. The Balaban J connectivity index is 1.59. The van der Waals surface area contributed by atoms with Crippen LogP contribution in [0.2, 0.25) is 0 Å². The predicted octanol–water partition coefficient (Wildman–Crippen LogP) is 4.01. The van der Waals surface area contributed by atoms with Gasteiger partial charge in [-0.1, -0.05) is 23.4 Å². The Morgan fingerprint density at radius 1 is 1.09 bits per heavy atom. The Bertz CT molecular complexity index is 1240. The zero-order chi connectivity index (χ0) is 21.9. The fourth-order valence-corrected chi connectivity index (χ4v) is 3.49. The Hall–Kier alpha value is -3.98. The fraction of sp³-hybridized carbons (Fsp3) is 0.174. The van der Waals surface area contributed by atoms with E-state index in [1.165, 1.54) is 23.0 Å². The highest BCUT2D eigenvalue weighted by Gasteiger charge is 2.30. The van der Waals surface area contributed by atoms with Crippen LogP contribution in [0.25, 0.3) is 22.6 Å². The molecular weight excluding hydrogens is 413 g/mol. The molecule has 1 aliphatic heterocycles. The number of nitrogens with zero attached hydrogens (tertiary/aromatic N) is 5. The molecular formula is C23H18FN5O3. The molecule has 0 N–H and O–H groups in total. The van der Waals surface area contributed by atoms with Gasteiger partial charge in [0.1, 0.15) is 23.0 Å². The smallest absolute Gasteiger partial charge is 0.322 e. The van der Waals surface area contributed by atoms with Gasteiger partial charge in [0.25, 0.3) is 5.91 Å². The summed E-state index contributed by atoms with van der Waals surface area (Å²) in [7, 11) is 0. The predicted molar refractivity (Wildman–Crippen MR) is 113 cm³/mol. The van der Waals surface area contributed by atoms with E-state index in [-0.39, 0.29) is 23.7 Å². The summed E-state index contributed by atoms with van der Waals surface area (Å²) in [4.78, 5) is 21.8. The van der Waals surface area contributed by atoms with E-state index in [0.29, 0.717) is 48.0 Å². The van der Waals surface area contributed by atoms with Crippen LogP contribution in [0.15, 0.2) is 66.9 Å². The molecule has 0 spiro atoms. The molecule has 2 aromatic carbocycles. The molecule has 5 rings (SSSR count). The van der Waals surface area contributed by atoms with Crippen molar-refractivity contribution in [3.63, 3.8) is 0 Å². The third-order valence-corrected chi connectivity index (χ3v) is 5.10. The van der Waals surface area contributed by atoms with Crippen LogP contribution in [-0.2, 0) is 4.74 Å². The first-order chi connectivity index (χ1) is 15.7. The zero-order valence-electron chi connectivity index (χ0n) is 16.9. The Kier molecular flexibility index (Phi) is 5.39. The highest BCUT2D eigenvalue weighted by molar-refractivity contribution is 5.89. The largest absolute Gasteiger partial charge is 0.424 e. The van der Waals surface area contributed by atoms with E-state index < -0.39 is 0 Å². The Morgan fingerprint density at radius 2 is 1.91 bits per heavy atom. The molecule has 0 saturated carbocycles. The Morgan fingerprint density at radius 3 is 2.66 bits per heavy atom. The lowest BCUT2D eigenvalue weighted by Crippen LogP contribution is -2.24. The van der Waals surface area contributed by atoms with Crippen LogP contribution in [0.1, 0.15) is 11.2 Å². The van der Waals surface area contributed by atoms with E-state index in [2.05, 4.69) is 20.3 Å². The van der Waals surface area contributed by atoms with Crippen LogP contribution in [-0.4, -0.2) is 44.1 Å². The van der Waals surface area contributed by atoms with Crippen molar-refractivity contribution in [2.45, 2.75) is 6.42 Å². The highest BCUT2D eigenvalue weighted by Crippen LogP contribution is 2.31. The second-order valence-corrected chi connectivity index (χ2v) is 7.24. The van der Waals surface area contributed by atoms with Gasteiger partial charge in [0, 0.05) is 18.4 Å². The van der Waals surface area contributed by atoms with Crippen molar-refractivity contribution in [1.82, 2.24) is 25.0 Å². The molecule has 1 fully saturated rings. The van der Waals surface area contributed by atoms with Crippen molar-refractivity contribution in [2.75, 3.05) is 13.2 Å². The number of ether oxygens (including phenoxy) is 2. The first kappa shape index (κ1) is 20.0. The minimum atomic E-state index is -0.373. The first-order valence-electron chi connectivity index (χ1n) is 10.1. The molecule has 1 unspecified atom stereocenters. The maximum Gasteiger partial charge on any atom is 0.322 e. The van der Waals surface area contributed by atoms with E-state index in [1.807, 2.05) is 18.2 Å². The number of carbonyl (C=O) groups is 1. The van der Waals surface area contributed by atoms with E-state index in [4.69, 9.17) is 9.47 Å². The monoisotopic (exact) mass is 431 g/mol. The van der Waals surface area contributed by atoms with E-state index in [0.717, 1.165) is 0 Å². The number of hydrogen-bond donors (Lipinski definition) is 0. The molecule has 32 heavy (non-hydrogen) atoms. The molecule has 1 aliphatic rings. The van der Waals surface area contributed by atoms with Gasteiger partial charge in [-0.25, -0.2) is 9.37 Å². The molecule has 0 amide bonds. The topological polar surface area (TPSA) is 92.0 Å². The van der Waals surface area contributed by atoms with Gasteiger partial charge in [-0.05, 0) is 48.9 Å². The number of para-hydroxylation sites is 1. The second kappa shape index (κ2) is 8.64. The number of halogens is 1. The van der Waals surface area contributed by atoms with Crippen LogP contribution in [0.5, 0.6) is 11.8 Å². The van der Waals surface area contributed by atoms with Crippen LogP contribution < -0.4 is 4.74 Å². The van der Waals surface area contributed by atoms with Crippen LogP contribution in [0, 0.1) is 11.7 Å². The maximum atomic E-state index is 13.5. The van der Waals surface area contributed by atoms with Crippen LogP contribution >= 0.6 is 0 Å². The van der Waals surface area contributed by atoms with E-state index in [9.17, 15) is 9.18 Å². The maximum absolute atomic E-state index is 13.5. The van der Waals surface area contributed by atoms with Gasteiger partial charge in [0.15, 0.2) is 0 Å². The quantitative estimate of drug-likeness (QED) is 0.471. The SMILES string of the molecule is O=C(C1CCOC1)n1nnc(-c2ccc(F)cc2)c1-c1ccnc(Oc2ccccc2)n1. The summed E-state index contributed by atoms with van der Waals surface area (Å²) in [6, 6.07) is 16.7. The molecule has 2 aromatic heterocycles. The molecule has 1 atom stereocenters. The van der Waals surface area contributed by atoms with Crippen molar-refractivity contribution in [2.24, 2.45) is 5.92 Å². The number of hydrogen-bond acceptors (Lipinski definition) is 7. The van der Waals surface area contributed by atoms with Crippen LogP contribution in [0.3, 0.4) is 0 Å². The summed E-state index contributed by atoms with van der Waals surface area (Å²) in [6.45, 7) is 0.851. The lowest BCUT2D eigenvalue weighted by molar-refractivity contribution is 0.0798. The summed E-state index contributed by atoms with van der Waals surface area (Å²) < 4.78 is 25.8. The van der Waals surface area contributed by atoms with Crippen LogP contribution in [0.4, 0.5) is 4.39 Å². The summed E-state index contributed by atoms with van der Waals surface area (Å²) >= 11 is 0. The first-order valence-corrected chi connectivity index (χ1v) is 10.1. The number of rotatable bonds is 5.